The van der Waals surface area contributed by atoms with Gasteiger partial charge in [-0.2, -0.15) is 0 Å². The summed E-state index contributed by atoms with van der Waals surface area (Å²) in [6, 6.07) is 3.60. The maximum Gasteiger partial charge on any atom is 0.155 e. The van der Waals surface area contributed by atoms with E-state index in [9.17, 15) is 8.42 Å². The summed E-state index contributed by atoms with van der Waals surface area (Å²) >= 11 is 3.49. The first-order valence-electron chi connectivity index (χ1n) is 6.56. The Balaban J connectivity index is 2.39. The Morgan fingerprint density at radius 1 is 1.26 bits per heavy atom. The lowest BCUT2D eigenvalue weighted by atomic mass is 9.95. The van der Waals surface area contributed by atoms with Crippen LogP contribution in [0.25, 0.3) is 0 Å². The first-order valence-corrected chi connectivity index (χ1v) is 9.07. The fourth-order valence-corrected chi connectivity index (χ4v) is 5.23. The molecule has 1 aromatic rings. The van der Waals surface area contributed by atoms with Gasteiger partial charge in [0.2, 0.25) is 0 Å². The first kappa shape index (κ1) is 15.0. The lowest BCUT2D eigenvalue weighted by molar-refractivity contribution is 0.504. The van der Waals surface area contributed by atoms with E-state index in [0.717, 1.165) is 34.0 Å². The van der Waals surface area contributed by atoms with Gasteiger partial charge in [0.05, 0.1) is 11.0 Å². The molecule has 1 aromatic carbocycles. The van der Waals surface area contributed by atoms with E-state index in [4.69, 9.17) is 5.73 Å². The number of rotatable bonds is 2. The predicted molar refractivity (Wildman–Crippen MR) is 82.0 cm³/mol. The van der Waals surface area contributed by atoms with Crippen molar-refractivity contribution in [2.24, 2.45) is 5.73 Å². The summed E-state index contributed by atoms with van der Waals surface area (Å²) < 4.78 is 25.4. The van der Waals surface area contributed by atoms with Crippen LogP contribution in [0.1, 0.15) is 42.0 Å². The lowest BCUT2D eigenvalue weighted by Gasteiger charge is -2.29. The van der Waals surface area contributed by atoms with Crippen LogP contribution < -0.4 is 5.73 Å². The molecule has 1 aliphatic rings. The molecule has 106 valence electrons. The van der Waals surface area contributed by atoms with Gasteiger partial charge in [-0.15, -0.1) is 0 Å². The minimum Gasteiger partial charge on any atom is -0.323 e. The summed E-state index contributed by atoms with van der Waals surface area (Å²) in [6.07, 6.45) is 2.40. The van der Waals surface area contributed by atoms with Gasteiger partial charge in [0.1, 0.15) is 0 Å². The third-order valence-electron chi connectivity index (χ3n) is 3.94. The van der Waals surface area contributed by atoms with Crippen LogP contribution in [0.5, 0.6) is 0 Å². The van der Waals surface area contributed by atoms with Gasteiger partial charge < -0.3 is 5.73 Å². The van der Waals surface area contributed by atoms with Gasteiger partial charge in [0.15, 0.2) is 9.84 Å². The molecule has 2 rings (SSSR count). The van der Waals surface area contributed by atoms with Gasteiger partial charge in [-0.05, 0) is 49.4 Å². The van der Waals surface area contributed by atoms with E-state index in [1.807, 2.05) is 26.0 Å². The summed E-state index contributed by atoms with van der Waals surface area (Å²) in [5.41, 5.74) is 9.36. The molecule has 2 unspecified atom stereocenters. The van der Waals surface area contributed by atoms with Crippen LogP contribution >= 0.6 is 15.9 Å². The zero-order valence-corrected chi connectivity index (χ0v) is 13.7. The predicted octanol–water partition coefficient (Wildman–Crippen LogP) is 3.03. The highest BCUT2D eigenvalue weighted by atomic mass is 79.9. The number of nitrogens with two attached hydrogens (primary N) is 1. The molecule has 0 bridgehead atoms. The molecule has 0 radical (unpaired) electrons. The standard InChI is InChI=1S/C14H20BrNO2S/c1-9-8-12(15)10(2)7-11(9)14(16)13-5-3-4-6-19(13,17)18/h7-8,13-14H,3-6,16H2,1-2H3. The molecule has 5 heteroatoms. The molecule has 2 N–H and O–H groups in total. The smallest absolute Gasteiger partial charge is 0.155 e. The second-order valence-electron chi connectivity index (χ2n) is 5.38. The zero-order chi connectivity index (χ0) is 14.2. The number of aryl methyl sites for hydroxylation is 2. The topological polar surface area (TPSA) is 60.2 Å². The van der Waals surface area contributed by atoms with Crippen LogP contribution in [-0.4, -0.2) is 19.4 Å². The van der Waals surface area contributed by atoms with Crippen LogP contribution in [-0.2, 0) is 9.84 Å². The normalized spacial score (nSPS) is 24.1. The first-order chi connectivity index (χ1) is 8.83. The largest absolute Gasteiger partial charge is 0.323 e. The van der Waals surface area contributed by atoms with E-state index in [0.29, 0.717) is 6.42 Å². The summed E-state index contributed by atoms with van der Waals surface area (Å²) in [4.78, 5) is 0. The summed E-state index contributed by atoms with van der Waals surface area (Å²) in [6.45, 7) is 3.98. The minimum atomic E-state index is -3.05. The molecule has 1 heterocycles. The fourth-order valence-electron chi connectivity index (χ4n) is 2.75. The molecule has 0 amide bonds. The van der Waals surface area contributed by atoms with Crippen LogP contribution in [0.2, 0.25) is 0 Å². The summed E-state index contributed by atoms with van der Waals surface area (Å²) in [5, 5.41) is -0.430. The highest BCUT2D eigenvalue weighted by Gasteiger charge is 2.35. The second-order valence-corrected chi connectivity index (χ2v) is 8.58. The highest BCUT2D eigenvalue weighted by Crippen LogP contribution is 2.32. The van der Waals surface area contributed by atoms with Crippen molar-refractivity contribution in [2.45, 2.75) is 44.4 Å². The van der Waals surface area contributed by atoms with Gasteiger partial charge in [-0.25, -0.2) is 8.42 Å². The molecule has 19 heavy (non-hydrogen) atoms. The molecule has 0 aliphatic carbocycles. The molecule has 1 saturated heterocycles. The molecule has 1 aliphatic heterocycles. The average Bonchev–Trinajstić information content (AvgIpc) is 2.32. The number of sulfone groups is 1. The lowest BCUT2D eigenvalue weighted by Crippen LogP contribution is -2.38. The van der Waals surface area contributed by atoms with E-state index in [-0.39, 0.29) is 5.75 Å². The van der Waals surface area contributed by atoms with Crippen molar-refractivity contribution in [3.8, 4) is 0 Å². The van der Waals surface area contributed by atoms with Gasteiger partial charge in [-0.1, -0.05) is 28.4 Å². The van der Waals surface area contributed by atoms with Crippen molar-refractivity contribution < 1.29 is 8.42 Å². The number of halogens is 1. The Labute approximate surface area is 123 Å². The van der Waals surface area contributed by atoms with Crippen molar-refractivity contribution in [1.82, 2.24) is 0 Å². The Kier molecular flexibility index (Phi) is 4.38. The molecular weight excluding hydrogens is 326 g/mol. The quantitative estimate of drug-likeness (QED) is 0.895. The molecule has 2 atom stereocenters. The van der Waals surface area contributed by atoms with Crippen LogP contribution in [0.15, 0.2) is 16.6 Å². The summed E-state index contributed by atoms with van der Waals surface area (Å²) in [7, 11) is -3.05. The van der Waals surface area contributed by atoms with Crippen molar-refractivity contribution >= 4 is 25.8 Å². The molecular formula is C14H20BrNO2S. The number of hydrogen-bond acceptors (Lipinski definition) is 3. The van der Waals surface area contributed by atoms with Crippen molar-refractivity contribution in [2.75, 3.05) is 5.75 Å². The second kappa shape index (κ2) is 5.54. The third kappa shape index (κ3) is 3.03. The van der Waals surface area contributed by atoms with Gasteiger partial charge in [0.25, 0.3) is 0 Å². The minimum absolute atomic E-state index is 0.278. The van der Waals surface area contributed by atoms with E-state index in [1.54, 1.807) is 0 Å². The van der Waals surface area contributed by atoms with E-state index < -0.39 is 21.1 Å². The van der Waals surface area contributed by atoms with E-state index >= 15 is 0 Å². The van der Waals surface area contributed by atoms with Gasteiger partial charge >= 0.3 is 0 Å². The molecule has 3 nitrogen and oxygen atoms in total. The molecule has 1 fully saturated rings. The Bertz CT molecular complexity index is 583. The Morgan fingerprint density at radius 3 is 2.58 bits per heavy atom. The van der Waals surface area contributed by atoms with Gasteiger partial charge in [-0.3, -0.25) is 0 Å². The number of hydrogen-bond donors (Lipinski definition) is 1. The van der Waals surface area contributed by atoms with Crippen molar-refractivity contribution in [3.05, 3.63) is 33.3 Å². The highest BCUT2D eigenvalue weighted by molar-refractivity contribution is 9.10. The molecule has 0 saturated carbocycles. The number of benzene rings is 1. The average molecular weight is 346 g/mol. The third-order valence-corrected chi connectivity index (χ3v) is 7.10. The molecule has 0 aromatic heterocycles. The maximum absolute atomic E-state index is 12.2. The van der Waals surface area contributed by atoms with Crippen LogP contribution in [0.4, 0.5) is 0 Å². The fraction of sp³-hybridized carbons (Fsp3) is 0.571. The molecule has 0 spiro atoms. The van der Waals surface area contributed by atoms with E-state index in [1.165, 1.54) is 0 Å². The van der Waals surface area contributed by atoms with Crippen LogP contribution in [0, 0.1) is 13.8 Å². The Morgan fingerprint density at radius 2 is 1.95 bits per heavy atom. The maximum atomic E-state index is 12.2. The van der Waals surface area contributed by atoms with E-state index in [2.05, 4.69) is 15.9 Å². The monoisotopic (exact) mass is 345 g/mol. The van der Waals surface area contributed by atoms with Crippen LogP contribution in [0.3, 0.4) is 0 Å². The Hall–Kier alpha value is -0.390. The van der Waals surface area contributed by atoms with Crippen molar-refractivity contribution in [3.63, 3.8) is 0 Å². The summed E-state index contributed by atoms with van der Waals surface area (Å²) in [5.74, 6) is 0.278. The van der Waals surface area contributed by atoms with Gasteiger partial charge in [0, 0.05) is 10.5 Å². The SMILES string of the molecule is Cc1cc(C(N)C2CCCCS2(=O)=O)c(C)cc1Br. The van der Waals surface area contributed by atoms with Crippen molar-refractivity contribution in [1.29, 1.82) is 0 Å². The zero-order valence-electron chi connectivity index (χ0n) is 11.3.